The van der Waals surface area contributed by atoms with Gasteiger partial charge in [0.25, 0.3) is 5.69 Å². The maximum Gasteiger partial charge on any atom is 0.288 e. The number of nitro groups is 1. The van der Waals surface area contributed by atoms with Crippen molar-refractivity contribution in [3.63, 3.8) is 0 Å². The molecule has 94 valence electrons. The lowest BCUT2D eigenvalue weighted by molar-refractivity contribution is -0.384. The lowest BCUT2D eigenvalue weighted by Crippen LogP contribution is -1.91. The number of nitrogens with zero attached hydrogens (tertiary/aromatic N) is 3. The number of rotatable bonds is 3. The Hall–Kier alpha value is -2.65. The summed E-state index contributed by atoms with van der Waals surface area (Å²) >= 11 is 5.75. The number of halogens is 1. The molecule has 1 heterocycles. The van der Waals surface area contributed by atoms with Gasteiger partial charge in [-0.05, 0) is 12.1 Å². The quantitative estimate of drug-likeness (QED) is 0.633. The van der Waals surface area contributed by atoms with E-state index >= 15 is 0 Å². The fraction of sp³-hybridized carbons (Fsp3) is 0. The molecule has 0 radical (unpaired) electrons. The summed E-state index contributed by atoms with van der Waals surface area (Å²) in [6.45, 7) is 0. The molecule has 0 atom stereocenters. The topological polar surface area (TPSA) is 89.0 Å². The molecule has 0 aliphatic carbocycles. The van der Waals surface area contributed by atoms with Crippen LogP contribution < -0.4 is 4.74 Å². The van der Waals surface area contributed by atoms with Crippen LogP contribution in [0.25, 0.3) is 0 Å². The zero-order chi connectivity index (χ0) is 13.8. The average molecular weight is 276 g/mol. The molecule has 0 saturated carbocycles. The van der Waals surface area contributed by atoms with Gasteiger partial charge >= 0.3 is 0 Å². The fourth-order valence-electron chi connectivity index (χ4n) is 1.33. The largest absolute Gasteiger partial charge is 0.439 e. The molecule has 0 fully saturated rings. The van der Waals surface area contributed by atoms with E-state index in [0.29, 0.717) is 11.3 Å². The third-order valence-corrected chi connectivity index (χ3v) is 2.51. The molecule has 2 rings (SSSR count). The maximum absolute atomic E-state index is 10.6. The Labute approximate surface area is 113 Å². The predicted molar refractivity (Wildman–Crippen MR) is 67.1 cm³/mol. The molecule has 6 nitrogen and oxygen atoms in total. The van der Waals surface area contributed by atoms with Crippen molar-refractivity contribution in [1.29, 1.82) is 5.26 Å². The zero-order valence-electron chi connectivity index (χ0n) is 9.41. The van der Waals surface area contributed by atoms with E-state index in [4.69, 9.17) is 21.6 Å². The first-order valence-corrected chi connectivity index (χ1v) is 5.46. The SMILES string of the molecule is N#Cc1ccc(Oc2ccc([N+](=O)[O-])c(Cl)c2)nc1. The minimum atomic E-state index is -0.577. The van der Waals surface area contributed by atoms with Crippen LogP contribution in [0.2, 0.25) is 5.02 Å². The molecule has 2 aromatic rings. The molecule has 0 unspecified atom stereocenters. The second-order valence-corrected chi connectivity index (χ2v) is 3.88. The summed E-state index contributed by atoms with van der Waals surface area (Å²) in [6, 6.07) is 9.01. The van der Waals surface area contributed by atoms with Crippen LogP contribution in [0, 0.1) is 21.4 Å². The van der Waals surface area contributed by atoms with Gasteiger partial charge in [-0.3, -0.25) is 10.1 Å². The Balaban J connectivity index is 2.21. The highest BCUT2D eigenvalue weighted by atomic mass is 35.5. The first-order valence-electron chi connectivity index (χ1n) is 5.08. The van der Waals surface area contributed by atoms with E-state index in [1.54, 1.807) is 6.07 Å². The molecule has 0 saturated heterocycles. The summed E-state index contributed by atoms with van der Waals surface area (Å²) in [5, 5.41) is 19.2. The Kier molecular flexibility index (Phi) is 3.59. The molecule has 0 amide bonds. The summed E-state index contributed by atoms with van der Waals surface area (Å²) in [5.41, 5.74) is 0.218. The molecular weight excluding hydrogens is 270 g/mol. The van der Waals surface area contributed by atoms with Crippen LogP contribution in [0.3, 0.4) is 0 Å². The van der Waals surface area contributed by atoms with E-state index in [2.05, 4.69) is 4.98 Å². The molecule has 0 aliphatic rings. The molecular formula is C12H6ClN3O3. The number of nitriles is 1. The van der Waals surface area contributed by atoms with E-state index in [1.807, 2.05) is 6.07 Å². The van der Waals surface area contributed by atoms with Crippen molar-refractivity contribution < 1.29 is 9.66 Å². The Morgan fingerprint density at radius 3 is 2.68 bits per heavy atom. The summed E-state index contributed by atoms with van der Waals surface area (Å²) < 4.78 is 5.37. The number of hydrogen-bond donors (Lipinski definition) is 0. The molecule has 0 N–H and O–H groups in total. The summed E-state index contributed by atoms with van der Waals surface area (Å²) in [6.07, 6.45) is 1.36. The molecule has 7 heteroatoms. The van der Waals surface area contributed by atoms with Crippen molar-refractivity contribution in [3.05, 3.63) is 57.2 Å². The second kappa shape index (κ2) is 5.33. The summed E-state index contributed by atoms with van der Waals surface area (Å²) in [4.78, 5) is 13.9. The smallest absolute Gasteiger partial charge is 0.288 e. The normalized spacial score (nSPS) is 9.68. The van der Waals surface area contributed by atoms with Crippen molar-refractivity contribution in [2.24, 2.45) is 0 Å². The van der Waals surface area contributed by atoms with Crippen LogP contribution in [-0.4, -0.2) is 9.91 Å². The molecule has 1 aromatic heterocycles. The van der Waals surface area contributed by atoms with Crippen molar-refractivity contribution in [1.82, 2.24) is 4.98 Å². The first-order chi connectivity index (χ1) is 9.10. The van der Waals surface area contributed by atoms with Crippen molar-refractivity contribution >= 4 is 17.3 Å². The minimum Gasteiger partial charge on any atom is -0.439 e. The van der Waals surface area contributed by atoms with Gasteiger partial charge in [0.1, 0.15) is 16.8 Å². The second-order valence-electron chi connectivity index (χ2n) is 3.47. The lowest BCUT2D eigenvalue weighted by atomic mass is 10.3. The zero-order valence-corrected chi connectivity index (χ0v) is 10.2. The van der Waals surface area contributed by atoms with E-state index in [-0.39, 0.29) is 16.6 Å². The van der Waals surface area contributed by atoms with Crippen LogP contribution in [0.4, 0.5) is 5.69 Å². The molecule has 0 spiro atoms. The standard InChI is InChI=1S/C12H6ClN3O3/c13-10-5-9(2-3-11(10)16(17)18)19-12-4-1-8(6-14)7-15-12/h1-5,7H. The summed E-state index contributed by atoms with van der Waals surface area (Å²) in [7, 11) is 0. The van der Waals surface area contributed by atoms with Crippen LogP contribution >= 0.6 is 11.6 Å². The Morgan fingerprint density at radius 2 is 2.16 bits per heavy atom. The van der Waals surface area contributed by atoms with Crippen LogP contribution in [-0.2, 0) is 0 Å². The van der Waals surface area contributed by atoms with E-state index in [1.165, 1.54) is 30.5 Å². The number of pyridine rings is 1. The average Bonchev–Trinajstić information content (AvgIpc) is 2.39. The first kappa shape index (κ1) is 12.8. The summed E-state index contributed by atoms with van der Waals surface area (Å²) in [5.74, 6) is 0.594. The number of aromatic nitrogens is 1. The van der Waals surface area contributed by atoms with Gasteiger partial charge in [0.15, 0.2) is 0 Å². The van der Waals surface area contributed by atoms with Crippen LogP contribution in [0.5, 0.6) is 11.6 Å². The van der Waals surface area contributed by atoms with Gasteiger partial charge < -0.3 is 4.74 Å². The van der Waals surface area contributed by atoms with Gasteiger partial charge in [0.05, 0.1) is 10.5 Å². The van der Waals surface area contributed by atoms with Crippen molar-refractivity contribution in [2.75, 3.05) is 0 Å². The van der Waals surface area contributed by atoms with Gasteiger partial charge in [-0.15, -0.1) is 0 Å². The van der Waals surface area contributed by atoms with E-state index in [0.717, 1.165) is 0 Å². The molecule has 19 heavy (non-hydrogen) atoms. The highest BCUT2D eigenvalue weighted by molar-refractivity contribution is 6.32. The van der Waals surface area contributed by atoms with Crippen LogP contribution in [0.15, 0.2) is 36.5 Å². The number of ether oxygens (including phenoxy) is 1. The lowest BCUT2D eigenvalue weighted by Gasteiger charge is -2.04. The van der Waals surface area contributed by atoms with Gasteiger partial charge in [0.2, 0.25) is 5.88 Å². The van der Waals surface area contributed by atoms with Crippen molar-refractivity contribution in [2.45, 2.75) is 0 Å². The number of nitro benzene ring substituents is 1. The number of benzene rings is 1. The van der Waals surface area contributed by atoms with Crippen LogP contribution in [0.1, 0.15) is 5.56 Å². The third-order valence-electron chi connectivity index (χ3n) is 2.20. The monoisotopic (exact) mass is 275 g/mol. The molecule has 0 bridgehead atoms. The minimum absolute atomic E-state index is 0.0175. The Morgan fingerprint density at radius 1 is 1.37 bits per heavy atom. The highest BCUT2D eigenvalue weighted by Gasteiger charge is 2.13. The van der Waals surface area contributed by atoms with Gasteiger partial charge in [0, 0.05) is 24.4 Å². The van der Waals surface area contributed by atoms with E-state index < -0.39 is 4.92 Å². The van der Waals surface area contributed by atoms with Gasteiger partial charge in [-0.25, -0.2) is 4.98 Å². The third kappa shape index (κ3) is 2.97. The number of hydrogen-bond acceptors (Lipinski definition) is 5. The predicted octanol–water partition coefficient (Wildman–Crippen LogP) is 3.31. The maximum atomic E-state index is 10.6. The molecule has 1 aromatic carbocycles. The van der Waals surface area contributed by atoms with E-state index in [9.17, 15) is 10.1 Å². The highest BCUT2D eigenvalue weighted by Crippen LogP contribution is 2.30. The Bertz CT molecular complexity index is 665. The van der Waals surface area contributed by atoms with Crippen molar-refractivity contribution in [3.8, 4) is 17.7 Å². The van der Waals surface area contributed by atoms with Gasteiger partial charge in [-0.1, -0.05) is 11.6 Å². The molecule has 0 aliphatic heterocycles. The van der Waals surface area contributed by atoms with Gasteiger partial charge in [-0.2, -0.15) is 5.26 Å². The fourth-order valence-corrected chi connectivity index (χ4v) is 1.57.